The lowest BCUT2D eigenvalue weighted by molar-refractivity contribution is -0.145. The van der Waals surface area contributed by atoms with Gasteiger partial charge in [0.15, 0.2) is 6.10 Å². The summed E-state index contributed by atoms with van der Waals surface area (Å²) in [6.45, 7) is 1.56. The number of benzene rings is 2. The van der Waals surface area contributed by atoms with Crippen molar-refractivity contribution >= 4 is 27.7 Å². The molecule has 0 aromatic heterocycles. The van der Waals surface area contributed by atoms with Gasteiger partial charge in [0.2, 0.25) is 5.78 Å². The minimum Gasteiger partial charge on any atom is -0.497 e. The van der Waals surface area contributed by atoms with Gasteiger partial charge in [-0.05, 0) is 64.8 Å². The number of esters is 1. The van der Waals surface area contributed by atoms with Crippen molar-refractivity contribution in [3.8, 4) is 11.5 Å². The molecule has 1 atom stereocenters. The van der Waals surface area contributed by atoms with E-state index in [0.717, 1.165) is 10.0 Å². The van der Waals surface area contributed by atoms with Crippen molar-refractivity contribution in [3.63, 3.8) is 0 Å². The molecule has 6 heteroatoms. The number of rotatable bonds is 7. The van der Waals surface area contributed by atoms with Crippen molar-refractivity contribution in [3.05, 3.63) is 58.1 Å². The first-order valence-electron chi connectivity index (χ1n) is 7.64. The second-order valence-corrected chi connectivity index (χ2v) is 6.22. The van der Waals surface area contributed by atoms with Crippen LogP contribution < -0.4 is 9.47 Å². The van der Waals surface area contributed by atoms with Crippen LogP contribution in [0.2, 0.25) is 0 Å². The summed E-state index contributed by atoms with van der Waals surface area (Å²) >= 11 is 3.37. The predicted octanol–water partition coefficient (Wildman–Crippen LogP) is 3.82. The normalized spacial score (nSPS) is 11.5. The molecule has 0 bridgehead atoms. The second kappa shape index (κ2) is 8.67. The highest BCUT2D eigenvalue weighted by atomic mass is 79.9. The van der Waals surface area contributed by atoms with Gasteiger partial charge in [-0.1, -0.05) is 6.07 Å². The number of Topliss-reactive ketones (excluding diaryl/α,β-unsaturated/α-hetero) is 1. The van der Waals surface area contributed by atoms with Crippen LogP contribution in [0.15, 0.2) is 46.9 Å². The molecule has 0 radical (unpaired) electrons. The van der Waals surface area contributed by atoms with Gasteiger partial charge in [-0.15, -0.1) is 0 Å². The SMILES string of the molecule is COc1ccc(C(=O)C(C)OC(=O)Cc2ccc(OC)c(Br)c2)cc1. The van der Waals surface area contributed by atoms with Gasteiger partial charge < -0.3 is 14.2 Å². The Balaban J connectivity index is 1.96. The van der Waals surface area contributed by atoms with E-state index in [2.05, 4.69) is 15.9 Å². The summed E-state index contributed by atoms with van der Waals surface area (Å²) in [5, 5.41) is 0. The summed E-state index contributed by atoms with van der Waals surface area (Å²) in [5.41, 5.74) is 1.23. The minimum absolute atomic E-state index is 0.0722. The summed E-state index contributed by atoms with van der Waals surface area (Å²) in [6, 6.07) is 12.0. The molecule has 0 saturated heterocycles. The molecule has 25 heavy (non-hydrogen) atoms. The fraction of sp³-hybridized carbons (Fsp3) is 0.263. The standard InChI is InChI=1S/C19H19BrO5/c1-12(19(22)14-5-7-15(23-2)8-6-14)25-18(21)11-13-4-9-17(24-3)16(20)10-13/h4-10,12H,11H2,1-3H3. The molecule has 0 N–H and O–H groups in total. The third-order valence-electron chi connectivity index (χ3n) is 3.62. The number of carbonyl (C=O) groups excluding carboxylic acids is 2. The van der Waals surface area contributed by atoms with Crippen molar-refractivity contribution in [1.29, 1.82) is 0 Å². The molecule has 2 aromatic carbocycles. The van der Waals surface area contributed by atoms with Crippen molar-refractivity contribution in [1.82, 2.24) is 0 Å². The van der Waals surface area contributed by atoms with Gasteiger partial charge >= 0.3 is 5.97 Å². The van der Waals surface area contributed by atoms with E-state index in [1.807, 2.05) is 0 Å². The maximum absolute atomic E-state index is 12.3. The molecule has 0 heterocycles. The zero-order chi connectivity index (χ0) is 18.4. The number of ether oxygens (including phenoxy) is 3. The summed E-state index contributed by atoms with van der Waals surface area (Å²) < 4.78 is 16.2. The maximum Gasteiger partial charge on any atom is 0.310 e. The Morgan fingerprint density at radius 3 is 2.28 bits per heavy atom. The van der Waals surface area contributed by atoms with E-state index >= 15 is 0 Å². The van der Waals surface area contributed by atoms with Crippen LogP contribution in [0.4, 0.5) is 0 Å². The summed E-state index contributed by atoms with van der Waals surface area (Å²) in [7, 11) is 3.12. The van der Waals surface area contributed by atoms with Crippen LogP contribution in [-0.2, 0) is 16.0 Å². The van der Waals surface area contributed by atoms with Gasteiger partial charge in [0.1, 0.15) is 11.5 Å². The van der Waals surface area contributed by atoms with Crippen molar-refractivity contribution < 1.29 is 23.8 Å². The summed E-state index contributed by atoms with van der Waals surface area (Å²) in [4.78, 5) is 24.4. The van der Waals surface area contributed by atoms with Gasteiger partial charge in [0, 0.05) is 5.56 Å². The molecule has 2 aromatic rings. The van der Waals surface area contributed by atoms with Gasteiger partial charge in [-0.3, -0.25) is 9.59 Å². The minimum atomic E-state index is -0.859. The fourth-order valence-electron chi connectivity index (χ4n) is 2.27. The molecule has 0 fully saturated rings. The highest BCUT2D eigenvalue weighted by molar-refractivity contribution is 9.10. The lowest BCUT2D eigenvalue weighted by Gasteiger charge is -2.13. The topological polar surface area (TPSA) is 61.8 Å². The molecule has 5 nitrogen and oxygen atoms in total. The first-order chi connectivity index (χ1) is 11.9. The van der Waals surface area contributed by atoms with E-state index in [4.69, 9.17) is 14.2 Å². The molecule has 0 amide bonds. The van der Waals surface area contributed by atoms with Crippen LogP contribution in [-0.4, -0.2) is 32.1 Å². The number of hydrogen-bond donors (Lipinski definition) is 0. The Labute approximate surface area is 155 Å². The number of halogens is 1. The van der Waals surface area contributed by atoms with Crippen LogP contribution in [0.25, 0.3) is 0 Å². The maximum atomic E-state index is 12.3. The molecule has 0 aliphatic heterocycles. The molecular formula is C19H19BrO5. The highest BCUT2D eigenvalue weighted by Crippen LogP contribution is 2.25. The van der Waals surface area contributed by atoms with Gasteiger partial charge in [-0.2, -0.15) is 0 Å². The third-order valence-corrected chi connectivity index (χ3v) is 4.24. The Morgan fingerprint density at radius 1 is 1.04 bits per heavy atom. The zero-order valence-electron chi connectivity index (χ0n) is 14.2. The molecule has 2 rings (SSSR count). The largest absolute Gasteiger partial charge is 0.497 e. The average Bonchev–Trinajstić information content (AvgIpc) is 2.61. The van der Waals surface area contributed by atoms with Gasteiger partial charge in [0.25, 0.3) is 0 Å². The number of hydrogen-bond acceptors (Lipinski definition) is 5. The second-order valence-electron chi connectivity index (χ2n) is 5.37. The first kappa shape index (κ1) is 19.0. The van der Waals surface area contributed by atoms with E-state index < -0.39 is 12.1 Å². The lowest BCUT2D eigenvalue weighted by atomic mass is 10.1. The average molecular weight is 407 g/mol. The molecule has 0 saturated carbocycles. The van der Waals surface area contributed by atoms with Crippen LogP contribution in [0.1, 0.15) is 22.8 Å². The Kier molecular flexibility index (Phi) is 6.58. The van der Waals surface area contributed by atoms with Crippen LogP contribution in [0.3, 0.4) is 0 Å². The van der Waals surface area contributed by atoms with Crippen LogP contribution in [0, 0.1) is 0 Å². The lowest BCUT2D eigenvalue weighted by Crippen LogP contribution is -2.25. The van der Waals surface area contributed by atoms with E-state index in [1.165, 1.54) is 0 Å². The number of ketones is 1. The molecule has 0 spiro atoms. The molecular weight excluding hydrogens is 388 g/mol. The summed E-state index contributed by atoms with van der Waals surface area (Å²) in [5.74, 6) is 0.616. The van der Waals surface area contributed by atoms with E-state index in [1.54, 1.807) is 63.6 Å². The Morgan fingerprint density at radius 2 is 1.72 bits per heavy atom. The quantitative estimate of drug-likeness (QED) is 0.516. The smallest absolute Gasteiger partial charge is 0.310 e. The first-order valence-corrected chi connectivity index (χ1v) is 8.44. The zero-order valence-corrected chi connectivity index (χ0v) is 15.8. The predicted molar refractivity (Wildman–Crippen MR) is 97.3 cm³/mol. The Bertz CT molecular complexity index is 755. The van der Waals surface area contributed by atoms with Crippen molar-refractivity contribution in [2.45, 2.75) is 19.4 Å². The molecule has 0 aliphatic rings. The van der Waals surface area contributed by atoms with Crippen LogP contribution in [0.5, 0.6) is 11.5 Å². The molecule has 0 aliphatic carbocycles. The number of carbonyl (C=O) groups is 2. The Hall–Kier alpha value is -2.34. The molecule has 1 unspecified atom stereocenters. The highest BCUT2D eigenvalue weighted by Gasteiger charge is 2.20. The van der Waals surface area contributed by atoms with Crippen LogP contribution >= 0.6 is 15.9 Å². The molecule has 132 valence electrons. The van der Waals surface area contributed by atoms with Gasteiger partial charge in [0.05, 0.1) is 25.1 Å². The van der Waals surface area contributed by atoms with Gasteiger partial charge in [-0.25, -0.2) is 0 Å². The number of methoxy groups -OCH3 is 2. The van der Waals surface area contributed by atoms with E-state index in [0.29, 0.717) is 17.1 Å². The monoisotopic (exact) mass is 406 g/mol. The van der Waals surface area contributed by atoms with E-state index in [-0.39, 0.29) is 12.2 Å². The van der Waals surface area contributed by atoms with Crippen molar-refractivity contribution in [2.75, 3.05) is 14.2 Å². The summed E-state index contributed by atoms with van der Waals surface area (Å²) in [6.07, 6.45) is -0.786. The third kappa shape index (κ3) is 5.06. The fourth-order valence-corrected chi connectivity index (χ4v) is 2.86. The van der Waals surface area contributed by atoms with Crippen molar-refractivity contribution in [2.24, 2.45) is 0 Å². The van der Waals surface area contributed by atoms with E-state index in [9.17, 15) is 9.59 Å².